The first-order valence-electron chi connectivity index (χ1n) is 13.7. The summed E-state index contributed by atoms with van der Waals surface area (Å²) in [6.07, 6.45) is 2.97. The Morgan fingerprint density at radius 3 is 2.68 bits per heavy atom. The zero-order valence-corrected chi connectivity index (χ0v) is 24.4. The lowest BCUT2D eigenvalue weighted by Gasteiger charge is -2.34. The van der Waals surface area contributed by atoms with Crippen molar-refractivity contribution in [2.24, 2.45) is 7.05 Å². The molecule has 0 aromatic carbocycles. The van der Waals surface area contributed by atoms with E-state index in [2.05, 4.69) is 22.1 Å². The number of carbonyl (C=O) groups is 1. The maximum absolute atomic E-state index is 13.9. The average Bonchev–Trinajstić information content (AvgIpc) is 3.50. The summed E-state index contributed by atoms with van der Waals surface area (Å²) < 4.78 is 11.7. The van der Waals surface area contributed by atoms with Gasteiger partial charge in [-0.1, -0.05) is 12.0 Å². The molecule has 1 fully saturated rings. The van der Waals surface area contributed by atoms with Crippen LogP contribution in [-0.4, -0.2) is 58.9 Å². The number of fused-ring (bicyclic) bond motifs is 2. The number of hydrogen-bond acceptors (Lipinski definition) is 7. The summed E-state index contributed by atoms with van der Waals surface area (Å²) in [4.78, 5) is 51.2. The number of alkyl carbamates (subject to hydrolysis) is 1. The van der Waals surface area contributed by atoms with E-state index in [9.17, 15) is 14.4 Å². The number of imidazole rings is 2. The molecule has 12 nitrogen and oxygen atoms in total. The summed E-state index contributed by atoms with van der Waals surface area (Å²) in [5.74, 6) is 6.48. The summed E-state index contributed by atoms with van der Waals surface area (Å²) >= 11 is 0. The monoisotopic (exact) mass is 560 g/mol. The topological polar surface area (TPSA) is 121 Å². The molecular formula is C29H36N8O4. The molecule has 0 bridgehead atoms. The van der Waals surface area contributed by atoms with Gasteiger partial charge in [-0.25, -0.2) is 14.6 Å². The first-order chi connectivity index (χ1) is 19.5. The maximum Gasteiger partial charge on any atom is 0.407 e. The molecule has 1 unspecified atom stereocenters. The van der Waals surface area contributed by atoms with Gasteiger partial charge in [0.15, 0.2) is 11.2 Å². The van der Waals surface area contributed by atoms with Gasteiger partial charge < -0.3 is 19.4 Å². The number of ether oxygens (including phenoxy) is 1. The predicted molar refractivity (Wildman–Crippen MR) is 156 cm³/mol. The fourth-order valence-corrected chi connectivity index (χ4v) is 5.24. The van der Waals surface area contributed by atoms with Crippen LogP contribution in [0.3, 0.4) is 0 Å². The standard InChI is InChI=1S/C29H36N8O4/c1-7-8-15-35-23-24(32-26(35)34-14-10-12-20(16-34)31-27(39)41-29(3,4)5)33(6)28(40)37(25(23)38)18-21-17-36-19(2)11-9-13-22(36)30-21/h9,11,13,17,20H,10,12,14-16,18H2,1-6H3,(H,31,39). The quantitative estimate of drug-likeness (QED) is 0.372. The lowest BCUT2D eigenvalue weighted by atomic mass is 10.1. The van der Waals surface area contributed by atoms with E-state index in [0.717, 1.165) is 24.2 Å². The Labute approximate surface area is 237 Å². The molecule has 4 aromatic rings. The van der Waals surface area contributed by atoms with Gasteiger partial charge in [0.05, 0.1) is 18.8 Å². The van der Waals surface area contributed by atoms with E-state index >= 15 is 0 Å². The van der Waals surface area contributed by atoms with E-state index in [1.54, 1.807) is 18.5 Å². The molecule has 5 heterocycles. The maximum atomic E-state index is 13.9. The van der Waals surface area contributed by atoms with Crippen molar-refractivity contribution in [2.45, 2.75) is 72.2 Å². The molecule has 4 aromatic heterocycles. The minimum Gasteiger partial charge on any atom is -0.444 e. The molecule has 41 heavy (non-hydrogen) atoms. The van der Waals surface area contributed by atoms with E-state index in [1.165, 1.54) is 9.13 Å². The Morgan fingerprint density at radius 1 is 1.20 bits per heavy atom. The van der Waals surface area contributed by atoms with Crippen LogP contribution in [0.15, 0.2) is 34.0 Å². The number of anilines is 1. The molecule has 1 saturated heterocycles. The van der Waals surface area contributed by atoms with Crippen molar-refractivity contribution < 1.29 is 9.53 Å². The average molecular weight is 561 g/mol. The number of hydrogen-bond donors (Lipinski definition) is 1. The lowest BCUT2D eigenvalue weighted by Crippen LogP contribution is -2.49. The Bertz CT molecular complexity index is 1810. The van der Waals surface area contributed by atoms with E-state index in [-0.39, 0.29) is 24.8 Å². The number of nitrogens with zero attached hydrogens (tertiary/aromatic N) is 7. The highest BCUT2D eigenvalue weighted by atomic mass is 16.6. The van der Waals surface area contributed by atoms with Crippen LogP contribution in [0.2, 0.25) is 0 Å². The van der Waals surface area contributed by atoms with E-state index in [0.29, 0.717) is 30.2 Å². The van der Waals surface area contributed by atoms with Crippen LogP contribution in [0.25, 0.3) is 16.8 Å². The number of piperidine rings is 1. The molecule has 1 N–H and O–H groups in total. The Morgan fingerprint density at radius 2 is 1.98 bits per heavy atom. The van der Waals surface area contributed by atoms with E-state index in [1.807, 2.05) is 61.4 Å². The second-order valence-corrected chi connectivity index (χ2v) is 11.4. The third kappa shape index (κ3) is 5.57. The third-order valence-corrected chi connectivity index (χ3v) is 7.12. The fourth-order valence-electron chi connectivity index (χ4n) is 5.24. The number of nitrogens with one attached hydrogen (secondary N) is 1. The third-order valence-electron chi connectivity index (χ3n) is 7.12. The fraction of sp³-hybridized carbons (Fsp3) is 0.483. The van der Waals surface area contributed by atoms with Crippen LogP contribution in [0.5, 0.6) is 0 Å². The number of amides is 1. The molecule has 5 rings (SSSR count). The first kappa shape index (κ1) is 28.0. The van der Waals surface area contributed by atoms with Crippen molar-refractivity contribution in [3.8, 4) is 11.8 Å². The van der Waals surface area contributed by atoms with Gasteiger partial charge in [0.2, 0.25) is 5.95 Å². The van der Waals surface area contributed by atoms with Gasteiger partial charge >= 0.3 is 11.8 Å². The van der Waals surface area contributed by atoms with Crippen LogP contribution in [0.1, 0.15) is 51.9 Å². The Hall–Kier alpha value is -4.53. The van der Waals surface area contributed by atoms with Gasteiger partial charge in [-0.05, 0) is 59.6 Å². The van der Waals surface area contributed by atoms with E-state index < -0.39 is 22.9 Å². The van der Waals surface area contributed by atoms with Crippen LogP contribution in [-0.2, 0) is 24.9 Å². The van der Waals surface area contributed by atoms with Crippen LogP contribution < -0.4 is 21.5 Å². The summed E-state index contributed by atoms with van der Waals surface area (Å²) in [5.41, 5.74) is 1.41. The molecule has 12 heteroatoms. The molecule has 1 aliphatic rings. The predicted octanol–water partition coefficient (Wildman–Crippen LogP) is 2.42. The molecule has 0 saturated carbocycles. The summed E-state index contributed by atoms with van der Waals surface area (Å²) in [6.45, 7) is 10.6. The molecule has 0 aliphatic carbocycles. The van der Waals surface area contributed by atoms with Crippen molar-refractivity contribution in [1.29, 1.82) is 0 Å². The van der Waals surface area contributed by atoms with Gasteiger partial charge in [-0.3, -0.25) is 18.5 Å². The molecule has 1 aliphatic heterocycles. The zero-order valence-electron chi connectivity index (χ0n) is 24.4. The van der Waals surface area contributed by atoms with Crippen molar-refractivity contribution in [2.75, 3.05) is 18.0 Å². The van der Waals surface area contributed by atoms with Crippen molar-refractivity contribution in [3.63, 3.8) is 0 Å². The number of aryl methyl sites for hydroxylation is 2. The number of pyridine rings is 1. The highest BCUT2D eigenvalue weighted by molar-refractivity contribution is 5.75. The lowest BCUT2D eigenvalue weighted by molar-refractivity contribution is 0.0499. The second-order valence-electron chi connectivity index (χ2n) is 11.4. The first-order valence-corrected chi connectivity index (χ1v) is 13.7. The molecule has 0 radical (unpaired) electrons. The van der Waals surface area contributed by atoms with Crippen LogP contribution in [0.4, 0.5) is 10.7 Å². The molecule has 1 amide bonds. The van der Waals surface area contributed by atoms with Gasteiger partial charge in [-0.2, -0.15) is 4.98 Å². The van der Waals surface area contributed by atoms with Crippen molar-refractivity contribution in [3.05, 3.63) is 56.6 Å². The van der Waals surface area contributed by atoms with Crippen molar-refractivity contribution >= 4 is 28.9 Å². The number of carbonyl (C=O) groups excluding carboxylic acids is 1. The van der Waals surface area contributed by atoms with Crippen LogP contribution in [0, 0.1) is 18.8 Å². The molecule has 0 spiro atoms. The zero-order chi connectivity index (χ0) is 29.5. The summed E-state index contributed by atoms with van der Waals surface area (Å²) in [6, 6.07) is 5.61. The molecule has 1 atom stereocenters. The van der Waals surface area contributed by atoms with Gasteiger partial charge in [-0.15, -0.1) is 5.92 Å². The largest absolute Gasteiger partial charge is 0.444 e. The SMILES string of the molecule is CC#CCn1c(N2CCCC(NC(=O)OC(C)(C)C)C2)nc2c1c(=O)n(Cc1cn3c(C)cccc3n1)c(=O)n2C. The van der Waals surface area contributed by atoms with Gasteiger partial charge in [0.1, 0.15) is 11.2 Å². The highest BCUT2D eigenvalue weighted by Gasteiger charge is 2.29. The molecule has 216 valence electrons. The number of rotatable bonds is 5. The molecular weight excluding hydrogens is 524 g/mol. The second kappa shape index (κ2) is 10.8. The smallest absolute Gasteiger partial charge is 0.407 e. The van der Waals surface area contributed by atoms with Crippen molar-refractivity contribution in [1.82, 2.24) is 33.4 Å². The van der Waals surface area contributed by atoms with Gasteiger partial charge in [0.25, 0.3) is 5.56 Å². The van der Waals surface area contributed by atoms with E-state index in [4.69, 9.17) is 9.72 Å². The normalized spacial score (nSPS) is 15.7. The Kier molecular flexibility index (Phi) is 7.38. The Balaban J connectivity index is 1.54. The minimum atomic E-state index is -0.599. The number of aromatic nitrogens is 6. The minimum absolute atomic E-state index is 0.0220. The van der Waals surface area contributed by atoms with Gasteiger partial charge in [0, 0.05) is 38.1 Å². The summed E-state index contributed by atoms with van der Waals surface area (Å²) in [7, 11) is 1.62. The highest BCUT2D eigenvalue weighted by Crippen LogP contribution is 2.24. The van der Waals surface area contributed by atoms with Crippen LogP contribution >= 0.6 is 0 Å². The summed E-state index contributed by atoms with van der Waals surface area (Å²) in [5, 5.41) is 2.96.